The standard InChI is InChI=1S/C15H28/c1-3-5-7-9-11-13-15-14-12-10-8-6-4-2/h3-9,11,13-15H2,1-2H3. The van der Waals surface area contributed by atoms with Gasteiger partial charge in [-0.3, -0.25) is 0 Å². The quantitative estimate of drug-likeness (QED) is 0.355. The van der Waals surface area contributed by atoms with Crippen molar-refractivity contribution in [2.75, 3.05) is 0 Å². The lowest BCUT2D eigenvalue weighted by atomic mass is 10.1. The zero-order chi connectivity index (χ0) is 11.2. The van der Waals surface area contributed by atoms with Crippen LogP contribution < -0.4 is 0 Å². The summed E-state index contributed by atoms with van der Waals surface area (Å²) in [5.41, 5.74) is 0. The molecule has 0 saturated carbocycles. The van der Waals surface area contributed by atoms with Crippen molar-refractivity contribution in [1.29, 1.82) is 0 Å². The van der Waals surface area contributed by atoms with Crippen molar-refractivity contribution >= 4 is 0 Å². The topological polar surface area (TPSA) is 0 Å². The predicted molar refractivity (Wildman–Crippen MR) is 69.9 cm³/mol. The highest BCUT2D eigenvalue weighted by Gasteiger charge is 1.88. The molecule has 0 aromatic heterocycles. The van der Waals surface area contributed by atoms with E-state index >= 15 is 0 Å². The van der Waals surface area contributed by atoms with Gasteiger partial charge < -0.3 is 0 Å². The van der Waals surface area contributed by atoms with Gasteiger partial charge in [-0.1, -0.05) is 58.8 Å². The van der Waals surface area contributed by atoms with E-state index in [1.807, 2.05) is 0 Å². The van der Waals surface area contributed by atoms with E-state index in [2.05, 4.69) is 25.7 Å². The van der Waals surface area contributed by atoms with Crippen LogP contribution in [-0.2, 0) is 0 Å². The fourth-order valence-electron chi connectivity index (χ4n) is 1.61. The van der Waals surface area contributed by atoms with Crippen molar-refractivity contribution < 1.29 is 0 Å². The van der Waals surface area contributed by atoms with Crippen LogP contribution >= 0.6 is 0 Å². The maximum absolute atomic E-state index is 3.27. The lowest BCUT2D eigenvalue weighted by molar-refractivity contribution is 0.594. The molecule has 0 fully saturated rings. The van der Waals surface area contributed by atoms with Crippen molar-refractivity contribution in [3.05, 3.63) is 0 Å². The molecule has 0 radical (unpaired) electrons. The molecule has 88 valence electrons. The summed E-state index contributed by atoms with van der Waals surface area (Å²) in [5.74, 6) is 6.52. The van der Waals surface area contributed by atoms with Gasteiger partial charge in [0, 0.05) is 12.8 Å². The Morgan fingerprint density at radius 2 is 1.00 bits per heavy atom. The third kappa shape index (κ3) is 13.6. The van der Waals surface area contributed by atoms with Gasteiger partial charge in [0.05, 0.1) is 0 Å². The molecule has 0 aromatic carbocycles. The first-order chi connectivity index (χ1) is 7.41. The first kappa shape index (κ1) is 14.6. The molecule has 0 spiro atoms. The van der Waals surface area contributed by atoms with Crippen LogP contribution in [-0.4, -0.2) is 0 Å². The van der Waals surface area contributed by atoms with Gasteiger partial charge in [-0.05, 0) is 12.8 Å². The second-order valence-corrected chi connectivity index (χ2v) is 4.33. The molecule has 15 heavy (non-hydrogen) atoms. The minimum atomic E-state index is 1.10. The van der Waals surface area contributed by atoms with E-state index in [0.29, 0.717) is 0 Å². The van der Waals surface area contributed by atoms with Crippen molar-refractivity contribution in [3.8, 4) is 11.8 Å². The molecule has 0 aromatic rings. The smallest absolute Gasteiger partial charge is 0.00886 e. The second-order valence-electron chi connectivity index (χ2n) is 4.33. The monoisotopic (exact) mass is 208 g/mol. The lowest BCUT2D eigenvalue weighted by Crippen LogP contribution is -1.79. The Morgan fingerprint density at radius 3 is 1.60 bits per heavy atom. The number of hydrogen-bond acceptors (Lipinski definition) is 0. The zero-order valence-corrected chi connectivity index (χ0v) is 10.8. The molecule has 0 N–H and O–H groups in total. The van der Waals surface area contributed by atoms with Gasteiger partial charge >= 0.3 is 0 Å². The van der Waals surface area contributed by atoms with Gasteiger partial charge in [-0.25, -0.2) is 0 Å². The Kier molecular flexibility index (Phi) is 13.2. The molecule has 0 aliphatic heterocycles. The molecule has 0 atom stereocenters. The van der Waals surface area contributed by atoms with Gasteiger partial charge in [0.1, 0.15) is 0 Å². The Labute approximate surface area is 96.8 Å². The van der Waals surface area contributed by atoms with E-state index in [4.69, 9.17) is 0 Å². The maximum Gasteiger partial charge on any atom is 0.00886 e. The summed E-state index contributed by atoms with van der Waals surface area (Å²) >= 11 is 0. The summed E-state index contributed by atoms with van der Waals surface area (Å²) in [6.07, 6.45) is 14.5. The third-order valence-electron chi connectivity index (χ3n) is 2.69. The van der Waals surface area contributed by atoms with Gasteiger partial charge in [0.25, 0.3) is 0 Å². The van der Waals surface area contributed by atoms with Crippen LogP contribution in [0.1, 0.15) is 84.5 Å². The van der Waals surface area contributed by atoms with Crippen LogP contribution in [0.4, 0.5) is 0 Å². The highest BCUT2D eigenvalue weighted by atomic mass is 13.9. The normalized spacial score (nSPS) is 9.73. The zero-order valence-electron chi connectivity index (χ0n) is 10.8. The SMILES string of the molecule is CCCCC#CCCCCCCCCC. The summed E-state index contributed by atoms with van der Waals surface area (Å²) in [6.45, 7) is 4.49. The van der Waals surface area contributed by atoms with Gasteiger partial charge in [-0.2, -0.15) is 0 Å². The third-order valence-corrected chi connectivity index (χ3v) is 2.69. The number of hydrogen-bond donors (Lipinski definition) is 0. The molecule has 0 heterocycles. The minimum absolute atomic E-state index is 1.10. The van der Waals surface area contributed by atoms with Crippen LogP contribution in [0, 0.1) is 11.8 Å². The molecule has 0 saturated heterocycles. The number of unbranched alkanes of at least 4 members (excludes halogenated alkanes) is 9. The summed E-state index contributed by atoms with van der Waals surface area (Å²) in [5, 5.41) is 0. The summed E-state index contributed by atoms with van der Waals surface area (Å²) < 4.78 is 0. The first-order valence-corrected chi connectivity index (χ1v) is 6.87. The average Bonchev–Trinajstić information content (AvgIpc) is 2.26. The van der Waals surface area contributed by atoms with Gasteiger partial charge in [-0.15, -0.1) is 11.8 Å². The van der Waals surface area contributed by atoms with Crippen molar-refractivity contribution in [2.45, 2.75) is 84.5 Å². The molecule has 0 aliphatic carbocycles. The average molecular weight is 208 g/mol. The van der Waals surface area contributed by atoms with E-state index in [-0.39, 0.29) is 0 Å². The largest absolute Gasteiger partial charge is 0.103 e. The first-order valence-electron chi connectivity index (χ1n) is 6.87. The Balaban J connectivity index is 2.99. The van der Waals surface area contributed by atoms with E-state index in [9.17, 15) is 0 Å². The van der Waals surface area contributed by atoms with Crippen LogP contribution in [0.5, 0.6) is 0 Å². The second kappa shape index (κ2) is 13.6. The number of rotatable bonds is 9. The Hall–Kier alpha value is -0.440. The maximum atomic E-state index is 3.27. The van der Waals surface area contributed by atoms with Crippen molar-refractivity contribution in [1.82, 2.24) is 0 Å². The molecule has 0 nitrogen and oxygen atoms in total. The highest BCUT2D eigenvalue weighted by molar-refractivity contribution is 4.98. The van der Waals surface area contributed by atoms with E-state index in [1.165, 1.54) is 57.8 Å². The molecule has 0 aliphatic rings. The Bertz CT molecular complexity index is 159. The Morgan fingerprint density at radius 1 is 0.533 bits per heavy atom. The van der Waals surface area contributed by atoms with Gasteiger partial charge in [0.15, 0.2) is 0 Å². The summed E-state index contributed by atoms with van der Waals surface area (Å²) in [6, 6.07) is 0. The molecule has 0 bridgehead atoms. The summed E-state index contributed by atoms with van der Waals surface area (Å²) in [7, 11) is 0. The van der Waals surface area contributed by atoms with Crippen LogP contribution in [0.15, 0.2) is 0 Å². The molecular weight excluding hydrogens is 180 g/mol. The highest BCUT2D eigenvalue weighted by Crippen LogP contribution is 2.07. The van der Waals surface area contributed by atoms with Crippen molar-refractivity contribution in [3.63, 3.8) is 0 Å². The fourth-order valence-corrected chi connectivity index (χ4v) is 1.61. The molecular formula is C15H28. The minimum Gasteiger partial charge on any atom is -0.103 e. The predicted octanol–water partition coefficient (Wildman–Crippen LogP) is 5.32. The van der Waals surface area contributed by atoms with Crippen LogP contribution in [0.25, 0.3) is 0 Å². The summed E-state index contributed by atoms with van der Waals surface area (Å²) in [4.78, 5) is 0. The molecule has 0 rings (SSSR count). The van der Waals surface area contributed by atoms with Gasteiger partial charge in [0.2, 0.25) is 0 Å². The van der Waals surface area contributed by atoms with Crippen LogP contribution in [0.2, 0.25) is 0 Å². The fraction of sp³-hybridized carbons (Fsp3) is 0.867. The van der Waals surface area contributed by atoms with E-state index in [1.54, 1.807) is 0 Å². The van der Waals surface area contributed by atoms with Crippen molar-refractivity contribution in [2.24, 2.45) is 0 Å². The van der Waals surface area contributed by atoms with Crippen LogP contribution in [0.3, 0.4) is 0 Å². The lowest BCUT2D eigenvalue weighted by Gasteiger charge is -1.97. The molecule has 0 amide bonds. The van der Waals surface area contributed by atoms with E-state index < -0.39 is 0 Å². The molecule has 0 unspecified atom stereocenters. The van der Waals surface area contributed by atoms with E-state index in [0.717, 1.165) is 12.8 Å². The molecule has 0 heteroatoms.